The zero-order valence-electron chi connectivity index (χ0n) is 14.7. The summed E-state index contributed by atoms with van der Waals surface area (Å²) in [6.07, 6.45) is 0. The molecule has 2 aromatic rings. The van der Waals surface area contributed by atoms with E-state index >= 15 is 0 Å². The first kappa shape index (κ1) is 16.4. The van der Waals surface area contributed by atoms with Gasteiger partial charge in [0, 0.05) is 23.9 Å². The fraction of sp³-hybridized carbons (Fsp3) is 0.300. The van der Waals surface area contributed by atoms with Crippen LogP contribution in [0.2, 0.25) is 0 Å². The molecular formula is C20H20N2O4. The molecule has 1 N–H and O–H groups in total. The van der Waals surface area contributed by atoms with Crippen molar-refractivity contribution in [1.29, 1.82) is 0 Å². The molecule has 0 bridgehead atoms. The van der Waals surface area contributed by atoms with Gasteiger partial charge in [0.15, 0.2) is 11.5 Å². The average molecular weight is 352 g/mol. The molecule has 0 radical (unpaired) electrons. The van der Waals surface area contributed by atoms with Crippen molar-refractivity contribution in [1.82, 2.24) is 4.90 Å². The summed E-state index contributed by atoms with van der Waals surface area (Å²) in [5.74, 6) is 0.935. The molecule has 2 aliphatic rings. The minimum absolute atomic E-state index is 0.0257. The number of ether oxygens (including phenoxy) is 2. The van der Waals surface area contributed by atoms with Crippen molar-refractivity contribution in [3.8, 4) is 11.5 Å². The molecule has 134 valence electrons. The van der Waals surface area contributed by atoms with Gasteiger partial charge < -0.3 is 19.7 Å². The second kappa shape index (κ2) is 6.37. The van der Waals surface area contributed by atoms with Gasteiger partial charge in [-0.1, -0.05) is 32.0 Å². The summed E-state index contributed by atoms with van der Waals surface area (Å²) < 4.78 is 10.6. The van der Waals surface area contributed by atoms with Crippen LogP contribution in [0.4, 0.5) is 5.69 Å². The molecule has 6 heteroatoms. The number of anilines is 1. The number of hydrogen-bond acceptors (Lipinski definition) is 4. The Kier molecular flexibility index (Phi) is 4.03. The Hall–Kier alpha value is -3.02. The average Bonchev–Trinajstić information content (AvgIpc) is 3.20. The van der Waals surface area contributed by atoms with Crippen LogP contribution in [0.3, 0.4) is 0 Å². The lowest BCUT2D eigenvalue weighted by atomic mass is 10.0. The highest BCUT2D eigenvalue weighted by Gasteiger charge is 2.38. The molecule has 2 heterocycles. The largest absolute Gasteiger partial charge is 0.454 e. The highest BCUT2D eigenvalue weighted by atomic mass is 16.7. The molecule has 6 nitrogen and oxygen atoms in total. The molecule has 2 aliphatic heterocycles. The van der Waals surface area contributed by atoms with E-state index in [1.54, 1.807) is 23.1 Å². The number of nitrogens with zero attached hydrogens (tertiary/aromatic N) is 1. The maximum absolute atomic E-state index is 13.0. The number of fused-ring (bicyclic) bond motifs is 2. The summed E-state index contributed by atoms with van der Waals surface area (Å²) in [5.41, 5.74) is 2.25. The summed E-state index contributed by atoms with van der Waals surface area (Å²) in [6, 6.07) is 12.2. The Labute approximate surface area is 151 Å². The van der Waals surface area contributed by atoms with Crippen molar-refractivity contribution in [2.24, 2.45) is 5.92 Å². The van der Waals surface area contributed by atoms with Crippen LogP contribution in [0.1, 0.15) is 29.8 Å². The van der Waals surface area contributed by atoms with E-state index < -0.39 is 6.04 Å². The smallest absolute Gasteiger partial charge is 0.255 e. The zero-order chi connectivity index (χ0) is 18.3. The normalized spacial score (nSPS) is 16.0. The first-order valence-corrected chi connectivity index (χ1v) is 8.64. The Bertz CT molecular complexity index is 878. The molecule has 0 saturated carbocycles. The molecule has 0 saturated heterocycles. The number of nitrogens with one attached hydrogen (secondary N) is 1. The van der Waals surface area contributed by atoms with E-state index in [0.717, 1.165) is 5.56 Å². The maximum Gasteiger partial charge on any atom is 0.255 e. The molecule has 1 atom stereocenters. The standard InChI is InChI=1S/C20H20N2O4/c1-12(2)18(22-10-13-5-3-4-6-15(13)20(22)24)19(23)21-14-7-8-16-17(9-14)26-11-25-16/h3-9,12,18H,10-11H2,1-2H3,(H,21,23). The molecule has 0 fully saturated rings. The fourth-order valence-corrected chi connectivity index (χ4v) is 3.50. The zero-order valence-corrected chi connectivity index (χ0v) is 14.7. The Morgan fingerprint density at radius 3 is 2.65 bits per heavy atom. The molecule has 1 unspecified atom stereocenters. The van der Waals surface area contributed by atoms with Crippen molar-refractivity contribution in [3.63, 3.8) is 0 Å². The van der Waals surface area contributed by atoms with Crippen molar-refractivity contribution in [3.05, 3.63) is 53.6 Å². The summed E-state index contributed by atoms with van der Waals surface area (Å²) >= 11 is 0. The first-order chi connectivity index (χ1) is 12.5. The van der Waals surface area contributed by atoms with Gasteiger partial charge in [-0.05, 0) is 29.7 Å². The molecule has 4 rings (SSSR count). The first-order valence-electron chi connectivity index (χ1n) is 8.64. The number of benzene rings is 2. The second-order valence-corrected chi connectivity index (χ2v) is 6.84. The van der Waals surface area contributed by atoms with Gasteiger partial charge in [0.1, 0.15) is 6.04 Å². The number of carbonyl (C=O) groups is 2. The second-order valence-electron chi connectivity index (χ2n) is 6.84. The highest BCUT2D eigenvalue weighted by molar-refractivity contribution is 6.03. The van der Waals surface area contributed by atoms with Crippen LogP contribution in [0.15, 0.2) is 42.5 Å². The number of hydrogen-bond donors (Lipinski definition) is 1. The molecular weight excluding hydrogens is 332 g/mol. The lowest BCUT2D eigenvalue weighted by Gasteiger charge is -2.30. The van der Waals surface area contributed by atoms with Gasteiger partial charge >= 0.3 is 0 Å². The molecule has 2 aromatic carbocycles. The van der Waals surface area contributed by atoms with Crippen LogP contribution in [0.25, 0.3) is 0 Å². The minimum Gasteiger partial charge on any atom is -0.454 e. The summed E-state index contributed by atoms with van der Waals surface area (Å²) in [6.45, 7) is 4.52. The number of carbonyl (C=O) groups excluding carboxylic acids is 2. The van der Waals surface area contributed by atoms with E-state index in [2.05, 4.69) is 5.32 Å². The van der Waals surface area contributed by atoms with E-state index in [-0.39, 0.29) is 24.5 Å². The van der Waals surface area contributed by atoms with Gasteiger partial charge in [0.2, 0.25) is 12.7 Å². The predicted octanol–water partition coefficient (Wildman–Crippen LogP) is 3.03. The SMILES string of the molecule is CC(C)C(C(=O)Nc1ccc2c(c1)OCO2)N1Cc2ccccc2C1=O. The molecule has 0 aliphatic carbocycles. The van der Waals surface area contributed by atoms with E-state index in [0.29, 0.717) is 29.3 Å². The molecule has 0 spiro atoms. The van der Waals surface area contributed by atoms with Crippen molar-refractivity contribution in [2.75, 3.05) is 12.1 Å². The molecule has 2 amide bonds. The summed E-state index contributed by atoms with van der Waals surface area (Å²) in [5, 5.41) is 2.91. The third kappa shape index (κ3) is 2.77. The maximum atomic E-state index is 13.0. The minimum atomic E-state index is -0.555. The number of rotatable bonds is 4. The van der Waals surface area contributed by atoms with Gasteiger partial charge in [0.25, 0.3) is 5.91 Å². The lowest BCUT2D eigenvalue weighted by molar-refractivity contribution is -0.122. The van der Waals surface area contributed by atoms with Gasteiger partial charge in [-0.3, -0.25) is 9.59 Å². The Morgan fingerprint density at radius 2 is 1.88 bits per heavy atom. The van der Waals surface area contributed by atoms with Crippen molar-refractivity contribution < 1.29 is 19.1 Å². The third-order valence-electron chi connectivity index (χ3n) is 4.73. The van der Waals surface area contributed by atoms with E-state index in [1.807, 2.05) is 38.1 Å². The van der Waals surface area contributed by atoms with Gasteiger partial charge in [0.05, 0.1) is 0 Å². The molecule has 0 aromatic heterocycles. The highest BCUT2D eigenvalue weighted by Crippen LogP contribution is 2.34. The van der Waals surface area contributed by atoms with Crippen molar-refractivity contribution in [2.45, 2.75) is 26.4 Å². The van der Waals surface area contributed by atoms with Gasteiger partial charge in [-0.2, -0.15) is 0 Å². The van der Waals surface area contributed by atoms with Crippen LogP contribution in [0, 0.1) is 5.92 Å². The molecule has 26 heavy (non-hydrogen) atoms. The van der Waals surface area contributed by atoms with Crippen molar-refractivity contribution >= 4 is 17.5 Å². The summed E-state index contributed by atoms with van der Waals surface area (Å²) in [4.78, 5) is 27.4. The van der Waals surface area contributed by atoms with Crippen LogP contribution in [-0.4, -0.2) is 29.5 Å². The van der Waals surface area contributed by atoms with E-state index in [9.17, 15) is 9.59 Å². The van der Waals surface area contributed by atoms with Crippen LogP contribution in [-0.2, 0) is 11.3 Å². The quantitative estimate of drug-likeness (QED) is 0.918. The Balaban J connectivity index is 1.55. The summed E-state index contributed by atoms with van der Waals surface area (Å²) in [7, 11) is 0. The topological polar surface area (TPSA) is 67.9 Å². The number of amides is 2. The fourth-order valence-electron chi connectivity index (χ4n) is 3.50. The van der Waals surface area contributed by atoms with Crippen LogP contribution >= 0.6 is 0 Å². The third-order valence-corrected chi connectivity index (χ3v) is 4.73. The van der Waals surface area contributed by atoms with Crippen LogP contribution < -0.4 is 14.8 Å². The van der Waals surface area contributed by atoms with Gasteiger partial charge in [-0.25, -0.2) is 0 Å². The Morgan fingerprint density at radius 1 is 1.12 bits per heavy atom. The monoisotopic (exact) mass is 352 g/mol. The lowest BCUT2D eigenvalue weighted by Crippen LogP contribution is -2.47. The van der Waals surface area contributed by atoms with Gasteiger partial charge in [-0.15, -0.1) is 0 Å². The predicted molar refractivity (Wildman–Crippen MR) is 96.1 cm³/mol. The van der Waals surface area contributed by atoms with E-state index in [4.69, 9.17) is 9.47 Å². The van der Waals surface area contributed by atoms with E-state index in [1.165, 1.54) is 0 Å². The van der Waals surface area contributed by atoms with Crippen LogP contribution in [0.5, 0.6) is 11.5 Å².